The van der Waals surface area contributed by atoms with Crippen LogP contribution in [0.1, 0.15) is 0 Å². The molecule has 0 aromatic carbocycles. The Morgan fingerprint density at radius 2 is 2.10 bits per heavy atom. The standard InChI is InChI=1S/C4H5B2O3S/c7-5-3-1-2-4(10-3)6(8)9/h1-2,7-9H. The molecule has 3 nitrogen and oxygen atoms in total. The van der Waals surface area contributed by atoms with Crippen LogP contribution in [-0.2, 0) is 0 Å². The van der Waals surface area contributed by atoms with Crippen LogP contribution in [0.3, 0.4) is 0 Å². The highest BCUT2D eigenvalue weighted by atomic mass is 32.1. The highest BCUT2D eigenvalue weighted by Gasteiger charge is 2.13. The molecule has 6 heteroatoms. The number of thiophene rings is 1. The average Bonchev–Trinajstić information content (AvgIpc) is 2.34. The Hall–Kier alpha value is -0.290. The molecule has 0 spiro atoms. The van der Waals surface area contributed by atoms with Crippen LogP contribution in [0, 0.1) is 0 Å². The minimum atomic E-state index is -1.43. The van der Waals surface area contributed by atoms with Crippen molar-refractivity contribution in [1.82, 2.24) is 0 Å². The van der Waals surface area contributed by atoms with E-state index in [0.717, 1.165) is 18.8 Å². The second kappa shape index (κ2) is 3.20. The van der Waals surface area contributed by atoms with Crippen molar-refractivity contribution in [1.29, 1.82) is 0 Å². The lowest BCUT2D eigenvalue weighted by Gasteiger charge is -1.88. The third kappa shape index (κ3) is 1.60. The van der Waals surface area contributed by atoms with Crippen molar-refractivity contribution in [3.05, 3.63) is 12.1 Å². The van der Waals surface area contributed by atoms with Gasteiger partial charge in [-0.3, -0.25) is 0 Å². The highest BCUT2D eigenvalue weighted by Crippen LogP contribution is 1.89. The first-order valence-electron chi connectivity index (χ1n) is 2.67. The van der Waals surface area contributed by atoms with Gasteiger partial charge in [-0.2, -0.15) is 11.3 Å². The van der Waals surface area contributed by atoms with Crippen LogP contribution in [0.15, 0.2) is 12.1 Å². The Kier molecular flexibility index (Phi) is 2.50. The summed E-state index contributed by atoms with van der Waals surface area (Å²) in [5.74, 6) is 0. The molecule has 1 heterocycles. The summed E-state index contributed by atoms with van der Waals surface area (Å²) in [5, 5.41) is 25.7. The van der Waals surface area contributed by atoms with Crippen LogP contribution in [-0.4, -0.2) is 29.7 Å². The predicted molar refractivity (Wildman–Crippen MR) is 41.8 cm³/mol. The molecule has 1 rings (SSSR count). The lowest BCUT2D eigenvalue weighted by molar-refractivity contribution is 0.427. The van der Waals surface area contributed by atoms with Crippen molar-refractivity contribution in [2.75, 3.05) is 0 Å². The molecule has 0 amide bonds. The third-order valence-electron chi connectivity index (χ3n) is 1.03. The number of hydrogen-bond acceptors (Lipinski definition) is 4. The summed E-state index contributed by atoms with van der Waals surface area (Å²) in [7, 11) is -0.505. The molecule has 51 valence electrons. The van der Waals surface area contributed by atoms with Gasteiger partial charge < -0.3 is 15.1 Å². The van der Waals surface area contributed by atoms with E-state index in [1.165, 1.54) is 0 Å². The first-order chi connectivity index (χ1) is 4.74. The van der Waals surface area contributed by atoms with Gasteiger partial charge in [0.25, 0.3) is 0 Å². The Bertz CT molecular complexity index is 212. The zero-order chi connectivity index (χ0) is 7.56. The van der Waals surface area contributed by atoms with E-state index in [2.05, 4.69) is 0 Å². The van der Waals surface area contributed by atoms with Gasteiger partial charge in [0.15, 0.2) is 0 Å². The smallest absolute Gasteiger partial charge is 0.449 e. The minimum absolute atomic E-state index is 0.431. The van der Waals surface area contributed by atoms with Crippen LogP contribution < -0.4 is 9.55 Å². The van der Waals surface area contributed by atoms with Gasteiger partial charge >= 0.3 is 14.6 Å². The van der Waals surface area contributed by atoms with Crippen molar-refractivity contribution in [3.8, 4) is 0 Å². The molecule has 0 fully saturated rings. The second-order valence-electron chi connectivity index (χ2n) is 1.74. The summed E-state index contributed by atoms with van der Waals surface area (Å²) in [6.45, 7) is 0. The molecule has 0 aliphatic carbocycles. The molecule has 1 radical (unpaired) electrons. The molecule has 1 aromatic heterocycles. The largest absolute Gasteiger partial charge is 0.499 e. The van der Waals surface area contributed by atoms with E-state index in [9.17, 15) is 0 Å². The fourth-order valence-electron chi connectivity index (χ4n) is 0.577. The maximum Gasteiger partial charge on any atom is 0.499 e. The van der Waals surface area contributed by atoms with Crippen molar-refractivity contribution in [2.45, 2.75) is 0 Å². The van der Waals surface area contributed by atoms with E-state index in [-0.39, 0.29) is 0 Å². The predicted octanol–water partition coefficient (Wildman–Crippen LogP) is -2.34. The number of rotatable bonds is 2. The first kappa shape index (κ1) is 7.81. The van der Waals surface area contributed by atoms with Gasteiger partial charge in [-0.05, 0) is 4.78 Å². The van der Waals surface area contributed by atoms with Crippen LogP contribution in [0.2, 0.25) is 0 Å². The van der Waals surface area contributed by atoms with Gasteiger partial charge in [0, 0.05) is 4.78 Å². The second-order valence-corrected chi connectivity index (χ2v) is 2.89. The van der Waals surface area contributed by atoms with Crippen molar-refractivity contribution in [3.63, 3.8) is 0 Å². The Morgan fingerprint density at radius 3 is 2.40 bits per heavy atom. The normalized spacial score (nSPS) is 9.50. The van der Waals surface area contributed by atoms with Crippen LogP contribution in [0.5, 0.6) is 0 Å². The molecular formula is C4H5B2O3S. The molecule has 10 heavy (non-hydrogen) atoms. The van der Waals surface area contributed by atoms with Gasteiger partial charge in [-0.15, -0.1) is 0 Å². The molecule has 0 aliphatic rings. The Morgan fingerprint density at radius 1 is 1.40 bits per heavy atom. The van der Waals surface area contributed by atoms with Gasteiger partial charge in [-0.1, -0.05) is 12.1 Å². The molecule has 1 aromatic rings. The van der Waals surface area contributed by atoms with Gasteiger partial charge in [0.05, 0.1) is 0 Å². The van der Waals surface area contributed by atoms with Crippen LogP contribution >= 0.6 is 11.3 Å². The zero-order valence-electron chi connectivity index (χ0n) is 5.06. The summed E-state index contributed by atoms with van der Waals surface area (Å²) in [6, 6.07) is 3.16. The maximum absolute atomic E-state index is 8.60. The molecular weight excluding hydrogens is 150 g/mol. The van der Waals surface area contributed by atoms with E-state index >= 15 is 0 Å². The maximum atomic E-state index is 8.60. The summed E-state index contributed by atoms with van der Waals surface area (Å²) in [6.07, 6.45) is 0. The topological polar surface area (TPSA) is 60.7 Å². The quantitative estimate of drug-likeness (QED) is 0.419. The fraction of sp³-hybridized carbons (Fsp3) is 0. The fourth-order valence-corrected chi connectivity index (χ4v) is 1.28. The molecule has 0 saturated heterocycles. The summed E-state index contributed by atoms with van der Waals surface area (Å²) in [5.41, 5.74) is 0. The molecule has 0 atom stereocenters. The summed E-state index contributed by atoms with van der Waals surface area (Å²) >= 11 is 1.14. The lowest BCUT2D eigenvalue weighted by Crippen LogP contribution is -2.26. The van der Waals surface area contributed by atoms with Crippen LogP contribution in [0.4, 0.5) is 0 Å². The number of hydrogen-bond donors (Lipinski definition) is 3. The minimum Gasteiger partial charge on any atom is -0.449 e. The summed E-state index contributed by atoms with van der Waals surface area (Å²) in [4.78, 5) is 0. The lowest BCUT2D eigenvalue weighted by atomic mass is 9.89. The zero-order valence-corrected chi connectivity index (χ0v) is 5.88. The van der Waals surface area contributed by atoms with E-state index in [4.69, 9.17) is 15.1 Å². The van der Waals surface area contributed by atoms with Gasteiger partial charge in [0.2, 0.25) is 0 Å². The average molecular weight is 155 g/mol. The summed E-state index contributed by atoms with van der Waals surface area (Å²) < 4.78 is 1.04. The molecule has 0 bridgehead atoms. The van der Waals surface area contributed by atoms with Gasteiger partial charge in [0.1, 0.15) is 0 Å². The highest BCUT2D eigenvalue weighted by molar-refractivity contribution is 7.29. The van der Waals surface area contributed by atoms with Crippen molar-refractivity contribution in [2.24, 2.45) is 0 Å². The molecule has 0 unspecified atom stereocenters. The third-order valence-corrected chi connectivity index (χ3v) is 2.09. The van der Waals surface area contributed by atoms with E-state index < -0.39 is 7.12 Å². The van der Waals surface area contributed by atoms with E-state index in [1.807, 2.05) is 0 Å². The van der Waals surface area contributed by atoms with Gasteiger partial charge in [-0.25, -0.2) is 0 Å². The van der Waals surface area contributed by atoms with Crippen molar-refractivity contribution >= 4 is 35.5 Å². The van der Waals surface area contributed by atoms with Crippen molar-refractivity contribution < 1.29 is 15.1 Å². The monoisotopic (exact) mass is 155 g/mol. The SMILES string of the molecule is O[B]c1ccc(B(O)O)s1. The molecule has 0 aliphatic heterocycles. The first-order valence-corrected chi connectivity index (χ1v) is 3.49. The molecule has 3 N–H and O–H groups in total. The Labute approximate surface area is 63.4 Å². The van der Waals surface area contributed by atoms with E-state index in [0.29, 0.717) is 9.55 Å². The molecule has 0 saturated carbocycles. The van der Waals surface area contributed by atoms with E-state index in [1.54, 1.807) is 12.1 Å². The van der Waals surface area contributed by atoms with Crippen LogP contribution in [0.25, 0.3) is 0 Å². The Balaban J connectivity index is 2.78.